The van der Waals surface area contributed by atoms with E-state index in [9.17, 15) is 14.4 Å². The Morgan fingerprint density at radius 1 is 0.927 bits per heavy atom. The van der Waals surface area contributed by atoms with Crippen molar-refractivity contribution in [1.29, 1.82) is 0 Å². The fourth-order valence-corrected chi connectivity index (χ4v) is 4.48. The number of carbonyl (C=O) groups is 3. The van der Waals surface area contributed by atoms with E-state index in [-0.39, 0.29) is 6.61 Å². The van der Waals surface area contributed by atoms with Gasteiger partial charge in [-0.2, -0.15) is 5.10 Å². The number of rotatable bonds is 12. The van der Waals surface area contributed by atoms with Gasteiger partial charge in [0.1, 0.15) is 5.75 Å². The molecule has 3 aromatic carbocycles. The number of ether oxygens (including phenoxy) is 3. The third-order valence-corrected chi connectivity index (χ3v) is 6.40. The number of benzene rings is 3. The van der Waals surface area contributed by atoms with Crippen molar-refractivity contribution in [2.75, 3.05) is 30.5 Å². The van der Waals surface area contributed by atoms with Crippen molar-refractivity contribution < 1.29 is 28.6 Å². The third-order valence-electron chi connectivity index (χ3n) is 5.06. The highest BCUT2D eigenvalue weighted by Crippen LogP contribution is 2.34. The minimum absolute atomic E-state index is 0.301. The molecule has 3 aromatic rings. The van der Waals surface area contributed by atoms with Crippen LogP contribution in [0.15, 0.2) is 59.7 Å². The van der Waals surface area contributed by atoms with E-state index in [1.807, 2.05) is 29.5 Å². The first-order chi connectivity index (χ1) is 19.7. The Bertz CT molecular complexity index is 1420. The molecule has 0 saturated carbocycles. The van der Waals surface area contributed by atoms with Crippen molar-refractivity contribution in [3.8, 4) is 17.2 Å². The number of carbonyl (C=O) groups excluding carboxylic acids is 3. The zero-order chi connectivity index (χ0) is 29.8. The first kappa shape index (κ1) is 32.0. The molecule has 0 heterocycles. The molecule has 0 atom stereocenters. The van der Waals surface area contributed by atoms with Gasteiger partial charge in [0.25, 0.3) is 5.91 Å². The van der Waals surface area contributed by atoms with Crippen molar-refractivity contribution in [3.05, 3.63) is 73.8 Å². The van der Waals surface area contributed by atoms with E-state index >= 15 is 0 Å². The van der Waals surface area contributed by atoms with Crippen LogP contribution in [0.25, 0.3) is 0 Å². The summed E-state index contributed by atoms with van der Waals surface area (Å²) in [5.74, 6) is -0.859. The fourth-order valence-electron chi connectivity index (χ4n) is 3.24. The Labute approximate surface area is 260 Å². The number of nitrogens with one attached hydrogen (secondary N) is 3. The first-order valence-electron chi connectivity index (χ1n) is 12.4. The van der Waals surface area contributed by atoms with Crippen LogP contribution in [0.2, 0.25) is 10.0 Å². The van der Waals surface area contributed by atoms with E-state index in [2.05, 4.69) is 21.2 Å². The Balaban J connectivity index is 1.58. The summed E-state index contributed by atoms with van der Waals surface area (Å²) in [5.41, 5.74) is 3.60. The average molecular weight is 713 g/mol. The van der Waals surface area contributed by atoms with Gasteiger partial charge < -0.3 is 24.8 Å². The molecule has 13 heteroatoms. The van der Waals surface area contributed by atoms with Crippen molar-refractivity contribution >= 4 is 81.1 Å². The van der Waals surface area contributed by atoms with Gasteiger partial charge in [0.15, 0.2) is 18.1 Å². The number of halogens is 3. The predicted molar refractivity (Wildman–Crippen MR) is 168 cm³/mol. The minimum atomic E-state index is -0.945. The first-order valence-corrected chi connectivity index (χ1v) is 14.2. The predicted octanol–water partition coefficient (Wildman–Crippen LogP) is 5.89. The number of anilines is 2. The molecule has 0 aliphatic heterocycles. The van der Waals surface area contributed by atoms with Gasteiger partial charge in [-0.3, -0.25) is 14.4 Å². The van der Waals surface area contributed by atoms with Crippen molar-refractivity contribution in [3.63, 3.8) is 0 Å². The Hall–Kier alpha value is -3.55. The van der Waals surface area contributed by atoms with E-state index < -0.39 is 17.7 Å². The highest BCUT2D eigenvalue weighted by atomic mass is 127. The molecule has 3 rings (SSSR count). The topological polar surface area (TPSA) is 127 Å². The quantitative estimate of drug-likeness (QED) is 0.0931. The van der Waals surface area contributed by atoms with E-state index in [1.54, 1.807) is 55.5 Å². The smallest absolute Gasteiger partial charge is 0.329 e. The molecular formula is C28H27Cl2IN4O6. The van der Waals surface area contributed by atoms with Crippen LogP contribution in [0, 0.1) is 3.57 Å². The molecule has 3 N–H and O–H groups in total. The average Bonchev–Trinajstić information content (AvgIpc) is 2.94. The molecule has 0 unspecified atom stereocenters. The molecule has 10 nitrogen and oxygen atoms in total. The Morgan fingerprint density at radius 3 is 2.37 bits per heavy atom. The van der Waals surface area contributed by atoms with Crippen LogP contribution >= 0.6 is 45.8 Å². The lowest BCUT2D eigenvalue weighted by Crippen LogP contribution is -2.32. The lowest BCUT2D eigenvalue weighted by Gasteiger charge is -2.15. The van der Waals surface area contributed by atoms with E-state index in [0.29, 0.717) is 61.0 Å². The molecule has 0 fully saturated rings. The van der Waals surface area contributed by atoms with Crippen LogP contribution in [-0.4, -0.2) is 43.8 Å². The standard InChI is InChI=1S/C28H27Cl2IN4O6/c1-3-11-40-20-8-6-19(7-9-20)33-27(37)28(38)35-32-15-17-12-22(31)26(24(13-17)39-4-2)41-16-25(36)34-23-10-5-18(29)14-21(23)30/h5-10,12-15H,3-4,11,16H2,1-2H3,(H,33,37)(H,34,36)(H,35,38)/b32-15-. The molecule has 216 valence electrons. The second-order valence-corrected chi connectivity index (χ2v) is 10.3. The van der Waals surface area contributed by atoms with E-state index in [4.69, 9.17) is 37.4 Å². The highest BCUT2D eigenvalue weighted by Gasteiger charge is 2.16. The minimum Gasteiger partial charge on any atom is -0.494 e. The van der Waals surface area contributed by atoms with Crippen LogP contribution < -0.4 is 30.3 Å². The van der Waals surface area contributed by atoms with Gasteiger partial charge in [-0.15, -0.1) is 0 Å². The summed E-state index contributed by atoms with van der Waals surface area (Å²) in [5, 5.41) is 9.78. The summed E-state index contributed by atoms with van der Waals surface area (Å²) in [6.07, 6.45) is 2.23. The molecule has 0 radical (unpaired) electrons. The van der Waals surface area contributed by atoms with E-state index in [1.165, 1.54) is 12.3 Å². The van der Waals surface area contributed by atoms with Gasteiger partial charge >= 0.3 is 11.8 Å². The molecular weight excluding hydrogens is 686 g/mol. The normalized spacial score (nSPS) is 10.7. The largest absolute Gasteiger partial charge is 0.494 e. The summed E-state index contributed by atoms with van der Waals surface area (Å²) in [4.78, 5) is 36.8. The van der Waals surface area contributed by atoms with Gasteiger partial charge in [-0.1, -0.05) is 30.1 Å². The highest BCUT2D eigenvalue weighted by molar-refractivity contribution is 14.1. The molecule has 0 aromatic heterocycles. The van der Waals surface area contributed by atoms with Gasteiger partial charge in [0.2, 0.25) is 0 Å². The molecule has 0 aliphatic rings. The van der Waals surface area contributed by atoms with Gasteiger partial charge in [-0.25, -0.2) is 5.43 Å². The number of hydrazone groups is 1. The van der Waals surface area contributed by atoms with Crippen LogP contribution in [0.4, 0.5) is 11.4 Å². The fraction of sp³-hybridized carbons (Fsp3) is 0.214. The maximum absolute atomic E-state index is 12.4. The molecule has 0 saturated heterocycles. The second-order valence-electron chi connectivity index (χ2n) is 8.25. The Morgan fingerprint density at radius 2 is 1.68 bits per heavy atom. The second kappa shape index (κ2) is 16.0. The molecule has 3 amide bonds. The summed E-state index contributed by atoms with van der Waals surface area (Å²) in [6, 6.07) is 14.7. The molecule has 0 aliphatic carbocycles. The summed E-state index contributed by atoms with van der Waals surface area (Å²) in [6.45, 7) is 4.43. The third kappa shape index (κ3) is 10.1. The Kier molecular flexibility index (Phi) is 12.5. The summed E-state index contributed by atoms with van der Waals surface area (Å²) >= 11 is 14.0. The van der Waals surface area contributed by atoms with Gasteiger partial charge in [0.05, 0.1) is 33.7 Å². The monoisotopic (exact) mass is 712 g/mol. The number of hydrogen-bond acceptors (Lipinski definition) is 7. The molecule has 41 heavy (non-hydrogen) atoms. The zero-order valence-electron chi connectivity index (χ0n) is 22.1. The SMILES string of the molecule is CCCOc1ccc(NC(=O)C(=O)N/N=C\c2cc(I)c(OCC(=O)Nc3ccc(Cl)cc3Cl)c(OCC)c2)cc1. The molecule has 0 spiro atoms. The summed E-state index contributed by atoms with van der Waals surface area (Å²) < 4.78 is 17.5. The van der Waals surface area contributed by atoms with Crippen molar-refractivity contribution in [2.45, 2.75) is 20.3 Å². The zero-order valence-corrected chi connectivity index (χ0v) is 25.8. The number of hydrogen-bond donors (Lipinski definition) is 3. The lowest BCUT2D eigenvalue weighted by atomic mass is 10.2. The number of amides is 3. The summed E-state index contributed by atoms with van der Waals surface area (Å²) in [7, 11) is 0. The van der Waals surface area contributed by atoms with Crippen molar-refractivity contribution in [1.82, 2.24) is 5.43 Å². The maximum atomic E-state index is 12.4. The van der Waals surface area contributed by atoms with Crippen molar-refractivity contribution in [2.24, 2.45) is 5.10 Å². The number of nitrogens with zero attached hydrogens (tertiary/aromatic N) is 1. The van der Waals surface area contributed by atoms with Crippen LogP contribution in [0.1, 0.15) is 25.8 Å². The maximum Gasteiger partial charge on any atom is 0.329 e. The van der Waals surface area contributed by atoms with Crippen LogP contribution in [-0.2, 0) is 14.4 Å². The van der Waals surface area contributed by atoms with Crippen LogP contribution in [0.5, 0.6) is 17.2 Å². The van der Waals surface area contributed by atoms with Gasteiger partial charge in [-0.05, 0) is 96.1 Å². The van der Waals surface area contributed by atoms with Crippen LogP contribution in [0.3, 0.4) is 0 Å². The van der Waals surface area contributed by atoms with E-state index in [0.717, 1.165) is 6.42 Å². The molecule has 0 bridgehead atoms. The lowest BCUT2D eigenvalue weighted by molar-refractivity contribution is -0.136. The van der Waals surface area contributed by atoms with Gasteiger partial charge in [0, 0.05) is 10.7 Å².